The molecule has 2 N–H and O–H groups in total. The number of rotatable bonds is 14. The van der Waals surface area contributed by atoms with Gasteiger partial charge in [0, 0.05) is 30.9 Å². The number of nitrogens with one attached hydrogen (secondary N) is 1. The van der Waals surface area contributed by atoms with Crippen molar-refractivity contribution >= 4 is 23.3 Å². The van der Waals surface area contributed by atoms with E-state index in [1.54, 1.807) is 24.3 Å². The molecule has 6 heteroatoms. The lowest BCUT2D eigenvalue weighted by Crippen LogP contribution is -2.23. The molecule has 37 heavy (non-hydrogen) atoms. The van der Waals surface area contributed by atoms with Gasteiger partial charge in [0.25, 0.3) is 5.91 Å². The van der Waals surface area contributed by atoms with Gasteiger partial charge < -0.3 is 20.1 Å². The average molecular weight is 503 g/mol. The number of ether oxygens (including phenoxy) is 1. The van der Waals surface area contributed by atoms with Crippen molar-refractivity contribution in [3.8, 4) is 5.75 Å². The van der Waals surface area contributed by atoms with Gasteiger partial charge in [-0.15, -0.1) is 0 Å². The summed E-state index contributed by atoms with van der Waals surface area (Å²) in [4.78, 5) is 26.0. The zero-order valence-corrected chi connectivity index (χ0v) is 22.1. The summed E-state index contributed by atoms with van der Waals surface area (Å²) in [6.07, 6.45) is 2.55. The van der Waals surface area contributed by atoms with Crippen LogP contribution in [0.25, 0.3) is 0 Å². The van der Waals surface area contributed by atoms with Crippen LogP contribution in [-0.2, 0) is 17.8 Å². The van der Waals surface area contributed by atoms with Gasteiger partial charge in [-0.1, -0.05) is 57.2 Å². The number of carboxylic acids is 1. The van der Waals surface area contributed by atoms with Crippen molar-refractivity contribution in [1.82, 2.24) is 0 Å². The minimum atomic E-state index is -0.865. The minimum absolute atomic E-state index is 0.0276. The average Bonchev–Trinajstić information content (AvgIpc) is 2.88. The topological polar surface area (TPSA) is 78.9 Å². The molecule has 0 heterocycles. The monoisotopic (exact) mass is 502 g/mol. The van der Waals surface area contributed by atoms with Gasteiger partial charge in [0.1, 0.15) is 5.75 Å². The van der Waals surface area contributed by atoms with E-state index < -0.39 is 5.97 Å². The fraction of sp³-hybridized carbons (Fsp3) is 0.355. The zero-order chi connectivity index (χ0) is 26.6. The Morgan fingerprint density at radius 3 is 2.27 bits per heavy atom. The molecular formula is C31H38N2O4. The second-order valence-corrected chi connectivity index (χ2v) is 9.68. The van der Waals surface area contributed by atoms with Crippen LogP contribution >= 0.6 is 0 Å². The molecule has 0 aliphatic rings. The van der Waals surface area contributed by atoms with Crippen molar-refractivity contribution in [3.05, 3.63) is 89.5 Å². The quantitative estimate of drug-likeness (QED) is 0.237. The summed E-state index contributed by atoms with van der Waals surface area (Å²) in [7, 11) is 0. The van der Waals surface area contributed by atoms with Crippen LogP contribution in [0, 0.1) is 5.92 Å². The number of anilines is 2. The van der Waals surface area contributed by atoms with Gasteiger partial charge in [-0.05, 0) is 72.7 Å². The summed E-state index contributed by atoms with van der Waals surface area (Å²) in [5, 5.41) is 11.7. The van der Waals surface area contributed by atoms with Crippen LogP contribution in [0.15, 0.2) is 72.8 Å². The van der Waals surface area contributed by atoms with E-state index in [0.29, 0.717) is 29.3 Å². The van der Waals surface area contributed by atoms with E-state index in [1.165, 1.54) is 16.8 Å². The number of carbonyl (C=O) groups is 2. The Labute approximate surface area is 220 Å². The number of carbonyl (C=O) groups excluding carboxylic acids is 1. The summed E-state index contributed by atoms with van der Waals surface area (Å²) in [6, 6.07) is 23.8. The van der Waals surface area contributed by atoms with Crippen molar-refractivity contribution in [1.29, 1.82) is 0 Å². The molecule has 0 fully saturated rings. The maximum Gasteiger partial charge on any atom is 0.303 e. The van der Waals surface area contributed by atoms with E-state index in [2.05, 4.69) is 55.3 Å². The maximum absolute atomic E-state index is 12.9. The van der Waals surface area contributed by atoms with Gasteiger partial charge in [0.2, 0.25) is 0 Å². The SMILES string of the molecule is CCCN(Cc1ccc(NC(=O)c2ccccc2OCCCC(=O)O)cc1)c1ccc(CC(C)C)cc1. The van der Waals surface area contributed by atoms with E-state index in [1.807, 2.05) is 24.3 Å². The number of benzene rings is 3. The third kappa shape index (κ3) is 8.98. The number of hydrogen-bond donors (Lipinski definition) is 2. The minimum Gasteiger partial charge on any atom is -0.493 e. The molecule has 0 unspecified atom stereocenters. The summed E-state index contributed by atoms with van der Waals surface area (Å²) >= 11 is 0. The molecule has 6 nitrogen and oxygen atoms in total. The molecule has 1 amide bonds. The van der Waals surface area contributed by atoms with Gasteiger partial charge in [0.15, 0.2) is 0 Å². The van der Waals surface area contributed by atoms with Gasteiger partial charge >= 0.3 is 5.97 Å². The second kappa shape index (κ2) is 14.1. The molecule has 3 aromatic rings. The summed E-state index contributed by atoms with van der Waals surface area (Å²) in [5.74, 6) is -0.0517. The summed E-state index contributed by atoms with van der Waals surface area (Å²) in [5.41, 5.74) is 4.86. The molecular weight excluding hydrogens is 464 g/mol. The third-order valence-electron chi connectivity index (χ3n) is 5.95. The van der Waals surface area contributed by atoms with Crippen LogP contribution in [0.4, 0.5) is 11.4 Å². The first-order valence-corrected chi connectivity index (χ1v) is 13.0. The van der Waals surface area contributed by atoms with Crippen molar-refractivity contribution < 1.29 is 19.4 Å². The summed E-state index contributed by atoms with van der Waals surface area (Å²) in [6.45, 7) is 8.65. The largest absolute Gasteiger partial charge is 0.493 e. The lowest BCUT2D eigenvalue weighted by Gasteiger charge is -2.25. The second-order valence-electron chi connectivity index (χ2n) is 9.68. The van der Waals surface area contributed by atoms with Crippen LogP contribution < -0.4 is 15.0 Å². The van der Waals surface area contributed by atoms with Crippen LogP contribution in [0.3, 0.4) is 0 Å². The first-order valence-electron chi connectivity index (χ1n) is 13.0. The van der Waals surface area contributed by atoms with Crippen LogP contribution in [0.5, 0.6) is 5.75 Å². The molecule has 3 aromatic carbocycles. The number of amides is 1. The highest BCUT2D eigenvalue weighted by Gasteiger charge is 2.13. The molecule has 0 radical (unpaired) electrons. The smallest absolute Gasteiger partial charge is 0.303 e. The molecule has 0 saturated heterocycles. The zero-order valence-electron chi connectivity index (χ0n) is 22.1. The molecule has 0 aliphatic carbocycles. The summed E-state index contributed by atoms with van der Waals surface area (Å²) < 4.78 is 5.67. The Morgan fingerprint density at radius 2 is 1.62 bits per heavy atom. The van der Waals surface area contributed by atoms with Crippen molar-refractivity contribution in [2.24, 2.45) is 5.92 Å². The first-order chi connectivity index (χ1) is 17.9. The molecule has 3 rings (SSSR count). The molecule has 0 spiro atoms. The van der Waals surface area contributed by atoms with Gasteiger partial charge in [-0.3, -0.25) is 9.59 Å². The van der Waals surface area contributed by atoms with E-state index in [-0.39, 0.29) is 18.9 Å². The number of hydrogen-bond acceptors (Lipinski definition) is 4. The molecule has 0 saturated carbocycles. The number of aliphatic carboxylic acids is 1. The van der Waals surface area contributed by atoms with Crippen LogP contribution in [0.2, 0.25) is 0 Å². The highest BCUT2D eigenvalue weighted by molar-refractivity contribution is 6.06. The van der Waals surface area contributed by atoms with E-state index in [0.717, 1.165) is 25.9 Å². The normalized spacial score (nSPS) is 10.8. The Kier molecular flexibility index (Phi) is 10.6. The first kappa shape index (κ1) is 27.8. The molecule has 0 aromatic heterocycles. The highest BCUT2D eigenvalue weighted by atomic mass is 16.5. The van der Waals surface area contributed by atoms with E-state index in [4.69, 9.17) is 9.84 Å². The van der Waals surface area contributed by atoms with Gasteiger partial charge in [0.05, 0.1) is 12.2 Å². The van der Waals surface area contributed by atoms with Crippen molar-refractivity contribution in [2.45, 2.75) is 53.0 Å². The van der Waals surface area contributed by atoms with Gasteiger partial charge in [-0.2, -0.15) is 0 Å². The van der Waals surface area contributed by atoms with Gasteiger partial charge in [-0.25, -0.2) is 0 Å². The lowest BCUT2D eigenvalue weighted by molar-refractivity contribution is -0.137. The Balaban J connectivity index is 1.62. The molecule has 0 bridgehead atoms. The van der Waals surface area contributed by atoms with E-state index >= 15 is 0 Å². The highest BCUT2D eigenvalue weighted by Crippen LogP contribution is 2.23. The van der Waals surface area contributed by atoms with Crippen molar-refractivity contribution in [3.63, 3.8) is 0 Å². The maximum atomic E-state index is 12.9. The van der Waals surface area contributed by atoms with Crippen LogP contribution in [-0.4, -0.2) is 30.1 Å². The predicted octanol–water partition coefficient (Wildman–Crippen LogP) is 6.80. The fourth-order valence-electron chi connectivity index (χ4n) is 4.18. The number of nitrogens with zero attached hydrogens (tertiary/aromatic N) is 1. The standard InChI is InChI=1S/C31H38N2O4/c1-4-19-33(27-17-13-24(14-18-27)21-23(2)3)22-25-11-15-26(16-12-25)32-31(36)28-8-5-6-9-29(28)37-20-7-10-30(34)35/h5-6,8-9,11-18,23H,4,7,10,19-22H2,1-3H3,(H,32,36)(H,34,35). The fourth-order valence-corrected chi connectivity index (χ4v) is 4.18. The Bertz CT molecular complexity index is 1140. The van der Waals surface area contributed by atoms with E-state index in [9.17, 15) is 9.59 Å². The molecule has 0 atom stereocenters. The van der Waals surface area contributed by atoms with Crippen molar-refractivity contribution in [2.75, 3.05) is 23.4 Å². The predicted molar refractivity (Wildman–Crippen MR) is 150 cm³/mol. The Hall–Kier alpha value is -3.80. The molecule has 0 aliphatic heterocycles. The number of para-hydroxylation sites is 1. The Morgan fingerprint density at radius 1 is 0.946 bits per heavy atom. The third-order valence-corrected chi connectivity index (χ3v) is 5.95. The van der Waals surface area contributed by atoms with Crippen LogP contribution in [0.1, 0.15) is 61.5 Å². The number of carboxylic acid groups (broad SMARTS) is 1. The molecule has 196 valence electrons. The lowest BCUT2D eigenvalue weighted by atomic mass is 10.0.